The molecule has 1 aliphatic rings. The molecule has 0 amide bonds. The van der Waals surface area contributed by atoms with Crippen molar-refractivity contribution in [3.8, 4) is 0 Å². The Morgan fingerprint density at radius 3 is 2.80 bits per heavy atom. The van der Waals surface area contributed by atoms with Gasteiger partial charge in [-0.1, -0.05) is 18.2 Å². The van der Waals surface area contributed by atoms with Crippen LogP contribution < -0.4 is 0 Å². The molecule has 2 nitrogen and oxygen atoms in total. The smallest absolute Gasteiger partial charge is 0.331 e. The van der Waals surface area contributed by atoms with Crippen LogP contribution in [0.2, 0.25) is 0 Å². The van der Waals surface area contributed by atoms with Crippen molar-refractivity contribution in [2.24, 2.45) is 0 Å². The highest BCUT2D eigenvalue weighted by atomic mass is 16.4. The van der Waals surface area contributed by atoms with Crippen LogP contribution in [0.4, 0.5) is 0 Å². The molecule has 15 heavy (non-hydrogen) atoms. The van der Waals surface area contributed by atoms with Crippen molar-refractivity contribution < 1.29 is 9.90 Å². The normalized spacial score (nSPS) is 15.1. The maximum Gasteiger partial charge on any atom is 0.331 e. The van der Waals surface area contributed by atoms with Crippen LogP contribution in [0.3, 0.4) is 0 Å². The molecule has 0 fully saturated rings. The van der Waals surface area contributed by atoms with Gasteiger partial charge in [0.05, 0.1) is 0 Å². The van der Waals surface area contributed by atoms with Crippen molar-refractivity contribution in [1.29, 1.82) is 0 Å². The molecule has 0 aliphatic heterocycles. The summed E-state index contributed by atoms with van der Waals surface area (Å²) in [5, 5.41) is 8.77. The summed E-state index contributed by atoms with van der Waals surface area (Å²) in [6.07, 6.45) is 5.24. The van der Waals surface area contributed by atoms with Gasteiger partial charge in [-0.05, 0) is 49.0 Å². The number of aliphatic carboxylic acids is 1. The first kappa shape index (κ1) is 9.97. The van der Waals surface area contributed by atoms with E-state index in [-0.39, 0.29) is 0 Å². The van der Waals surface area contributed by atoms with Crippen LogP contribution in [0.5, 0.6) is 0 Å². The lowest BCUT2D eigenvalue weighted by molar-refractivity contribution is -0.132. The predicted octanol–water partition coefficient (Wildman–Crippen LogP) is 2.66. The van der Waals surface area contributed by atoms with E-state index in [0.717, 1.165) is 18.4 Å². The van der Waals surface area contributed by atoms with Gasteiger partial charge in [-0.3, -0.25) is 0 Å². The van der Waals surface area contributed by atoms with Crippen LogP contribution >= 0.6 is 0 Å². The van der Waals surface area contributed by atoms with Crippen molar-refractivity contribution >= 4 is 12.0 Å². The molecule has 0 atom stereocenters. The first-order valence-corrected chi connectivity index (χ1v) is 5.20. The minimum atomic E-state index is -0.851. The molecule has 0 heterocycles. The van der Waals surface area contributed by atoms with E-state index >= 15 is 0 Å². The average molecular weight is 202 g/mol. The van der Waals surface area contributed by atoms with E-state index in [4.69, 9.17) is 5.11 Å². The zero-order chi connectivity index (χ0) is 10.8. The molecular weight excluding hydrogens is 188 g/mol. The zero-order valence-electron chi connectivity index (χ0n) is 8.79. The van der Waals surface area contributed by atoms with Crippen molar-refractivity contribution in [3.05, 3.63) is 40.5 Å². The second-order valence-electron chi connectivity index (χ2n) is 4.01. The Hall–Kier alpha value is -1.57. The summed E-state index contributed by atoms with van der Waals surface area (Å²) in [7, 11) is 0. The van der Waals surface area contributed by atoms with E-state index in [9.17, 15) is 4.79 Å². The number of aryl methyl sites for hydroxylation is 2. The molecule has 0 radical (unpaired) electrons. The molecular formula is C13H14O2. The van der Waals surface area contributed by atoms with Crippen LogP contribution in [0.1, 0.15) is 30.0 Å². The fraction of sp³-hybridized carbons (Fsp3) is 0.308. The van der Waals surface area contributed by atoms with Crippen LogP contribution in [-0.4, -0.2) is 11.1 Å². The lowest BCUT2D eigenvalue weighted by Crippen LogP contribution is -1.95. The molecule has 1 aliphatic carbocycles. The largest absolute Gasteiger partial charge is 0.478 e. The molecule has 0 unspecified atom stereocenters. The van der Waals surface area contributed by atoms with Gasteiger partial charge in [-0.15, -0.1) is 0 Å². The van der Waals surface area contributed by atoms with Gasteiger partial charge in [-0.2, -0.15) is 0 Å². The van der Waals surface area contributed by atoms with Crippen molar-refractivity contribution in [2.75, 3.05) is 0 Å². The first-order chi connectivity index (χ1) is 7.16. The highest BCUT2D eigenvalue weighted by molar-refractivity contribution is 5.91. The summed E-state index contributed by atoms with van der Waals surface area (Å²) in [5.74, 6) is -0.851. The highest BCUT2D eigenvalue weighted by Gasteiger charge is 2.10. The number of carboxylic acids is 1. The predicted molar refractivity (Wildman–Crippen MR) is 59.8 cm³/mol. The van der Waals surface area contributed by atoms with Crippen molar-refractivity contribution in [3.63, 3.8) is 0 Å². The summed E-state index contributed by atoms with van der Waals surface area (Å²) in [4.78, 5) is 10.7. The Bertz CT molecular complexity index is 430. The van der Waals surface area contributed by atoms with E-state index < -0.39 is 5.97 Å². The lowest BCUT2D eigenvalue weighted by Gasteiger charge is -2.01. The monoisotopic (exact) mass is 202 g/mol. The number of hydrogen-bond donors (Lipinski definition) is 1. The summed E-state index contributed by atoms with van der Waals surface area (Å²) < 4.78 is 0. The van der Waals surface area contributed by atoms with Crippen LogP contribution in [-0.2, 0) is 17.6 Å². The molecule has 78 valence electrons. The number of fused-ring (bicyclic) bond motifs is 1. The minimum absolute atomic E-state index is 0.382. The molecule has 2 heteroatoms. The topological polar surface area (TPSA) is 37.3 Å². The van der Waals surface area contributed by atoms with Gasteiger partial charge < -0.3 is 5.11 Å². The van der Waals surface area contributed by atoms with E-state index in [2.05, 4.69) is 12.1 Å². The van der Waals surface area contributed by atoms with Gasteiger partial charge in [0.25, 0.3) is 0 Å². The third-order valence-electron chi connectivity index (χ3n) is 2.84. The Kier molecular flexibility index (Phi) is 2.58. The zero-order valence-corrected chi connectivity index (χ0v) is 8.79. The second-order valence-corrected chi connectivity index (χ2v) is 4.01. The maximum atomic E-state index is 10.7. The van der Waals surface area contributed by atoms with Gasteiger partial charge in [0.2, 0.25) is 0 Å². The van der Waals surface area contributed by atoms with Gasteiger partial charge in [-0.25, -0.2) is 4.79 Å². The van der Waals surface area contributed by atoms with Crippen molar-refractivity contribution in [1.82, 2.24) is 0 Å². The SMILES string of the molecule is C/C(=C\c1ccc2c(c1)CCC2)C(=O)O. The van der Waals surface area contributed by atoms with E-state index in [1.165, 1.54) is 17.5 Å². The Labute approximate surface area is 89.2 Å². The Morgan fingerprint density at radius 2 is 2.07 bits per heavy atom. The molecule has 0 spiro atoms. The molecule has 0 saturated heterocycles. The molecule has 0 saturated carbocycles. The van der Waals surface area contributed by atoms with E-state index in [1.54, 1.807) is 13.0 Å². The summed E-state index contributed by atoms with van der Waals surface area (Å²) >= 11 is 0. The summed E-state index contributed by atoms with van der Waals surface area (Å²) in [6.45, 7) is 1.62. The standard InChI is InChI=1S/C13H14O2/c1-9(13(14)15)7-10-5-6-11-3-2-4-12(11)8-10/h5-8H,2-4H2,1H3,(H,14,15)/b9-7+. The average Bonchev–Trinajstić information content (AvgIpc) is 2.64. The fourth-order valence-corrected chi connectivity index (χ4v) is 1.99. The summed E-state index contributed by atoms with van der Waals surface area (Å²) in [5.41, 5.74) is 4.17. The van der Waals surface area contributed by atoms with Crippen LogP contribution in [0.25, 0.3) is 6.08 Å². The first-order valence-electron chi connectivity index (χ1n) is 5.20. The molecule has 1 N–H and O–H groups in total. The molecule has 1 aromatic rings. The molecule has 2 rings (SSSR count). The van der Waals surface area contributed by atoms with Crippen LogP contribution in [0.15, 0.2) is 23.8 Å². The highest BCUT2D eigenvalue weighted by Crippen LogP contribution is 2.23. The minimum Gasteiger partial charge on any atom is -0.478 e. The summed E-state index contributed by atoms with van der Waals surface area (Å²) in [6, 6.07) is 6.22. The molecule has 0 bridgehead atoms. The van der Waals surface area contributed by atoms with Gasteiger partial charge in [0.1, 0.15) is 0 Å². The maximum absolute atomic E-state index is 10.7. The Morgan fingerprint density at radius 1 is 1.33 bits per heavy atom. The van der Waals surface area contributed by atoms with Gasteiger partial charge in [0, 0.05) is 5.57 Å². The third-order valence-corrected chi connectivity index (χ3v) is 2.84. The molecule has 1 aromatic carbocycles. The lowest BCUT2D eigenvalue weighted by atomic mass is 10.0. The second kappa shape index (κ2) is 3.89. The number of benzene rings is 1. The van der Waals surface area contributed by atoms with Crippen molar-refractivity contribution in [2.45, 2.75) is 26.2 Å². The van der Waals surface area contributed by atoms with Gasteiger partial charge in [0.15, 0.2) is 0 Å². The fourth-order valence-electron chi connectivity index (χ4n) is 1.99. The van der Waals surface area contributed by atoms with E-state index in [1.807, 2.05) is 6.07 Å². The third kappa shape index (κ3) is 2.09. The Balaban J connectivity index is 2.31. The van der Waals surface area contributed by atoms with E-state index in [0.29, 0.717) is 5.57 Å². The van der Waals surface area contributed by atoms with Crippen LogP contribution in [0, 0.1) is 0 Å². The number of carbonyl (C=O) groups is 1. The number of carboxylic acid groups (broad SMARTS) is 1. The number of hydrogen-bond acceptors (Lipinski definition) is 1. The molecule has 0 aromatic heterocycles. The van der Waals surface area contributed by atoms with Gasteiger partial charge >= 0.3 is 5.97 Å². The quantitative estimate of drug-likeness (QED) is 0.748. The number of rotatable bonds is 2.